The molecule has 66 heavy (non-hydrogen) atoms. The zero-order chi connectivity index (χ0) is 46.9. The highest BCUT2D eigenvalue weighted by Gasteiger charge is 2.24. The van der Waals surface area contributed by atoms with Crippen molar-refractivity contribution in [2.75, 3.05) is 27.2 Å². The first-order chi connectivity index (χ1) is 31.4. The number of pyridine rings is 2. The Labute approximate surface area is 388 Å². The molecule has 14 heteroatoms. The van der Waals surface area contributed by atoms with Gasteiger partial charge in [-0.2, -0.15) is 16.8 Å². The van der Waals surface area contributed by atoms with Gasteiger partial charge in [-0.05, 0) is 125 Å². The largest absolute Gasteiger partial charge is 0.344 e. The topological polar surface area (TPSA) is 151 Å². The minimum absolute atomic E-state index is 0.0233. The Hall–Kier alpha value is -5.74. The van der Waals surface area contributed by atoms with Crippen LogP contribution in [0.25, 0.3) is 32.6 Å². The Morgan fingerprint density at radius 2 is 0.939 bits per heavy atom. The molecule has 4 aromatic carbocycles. The van der Waals surface area contributed by atoms with Gasteiger partial charge in [0.15, 0.2) is 0 Å². The lowest BCUT2D eigenvalue weighted by Crippen LogP contribution is -2.27. The van der Waals surface area contributed by atoms with E-state index in [0.29, 0.717) is 0 Å². The summed E-state index contributed by atoms with van der Waals surface area (Å²) in [5, 5.41) is 2.93. The third-order valence-corrected chi connectivity index (χ3v) is 14.6. The maximum absolute atomic E-state index is 11.2. The lowest BCUT2D eigenvalue weighted by atomic mass is 10.0. The average Bonchev–Trinajstić information content (AvgIpc) is 3.75. The van der Waals surface area contributed by atoms with Crippen LogP contribution in [0.4, 0.5) is 0 Å². The molecule has 10 rings (SSSR count). The molecule has 0 saturated carbocycles. The number of likely N-dealkylation sites (N-methyl/N-ethyl adjacent to an activating group) is 2. The van der Waals surface area contributed by atoms with Crippen molar-refractivity contribution >= 4 is 52.8 Å². The molecule has 0 radical (unpaired) electrons. The van der Waals surface area contributed by atoms with Crippen LogP contribution >= 0.6 is 0 Å². The highest BCUT2D eigenvalue weighted by molar-refractivity contribution is 7.86. The summed E-state index contributed by atoms with van der Waals surface area (Å²) in [6, 6.07) is 30.0. The van der Waals surface area contributed by atoms with E-state index in [1.807, 2.05) is 26.2 Å². The number of aryl methyl sites for hydroxylation is 8. The molecule has 0 atom stereocenters. The molecule has 0 fully saturated rings. The first-order valence-corrected chi connectivity index (χ1v) is 25.2. The third kappa shape index (κ3) is 10.3. The highest BCUT2D eigenvalue weighted by Crippen LogP contribution is 2.34. The van der Waals surface area contributed by atoms with Crippen molar-refractivity contribution in [3.05, 3.63) is 166 Å². The number of rotatable bonds is 8. The summed E-state index contributed by atoms with van der Waals surface area (Å²) in [5.41, 5.74) is 16.4. The molecule has 2 aliphatic rings. The van der Waals surface area contributed by atoms with E-state index in [1.54, 1.807) is 0 Å². The Balaban J connectivity index is 0.000000136. The Morgan fingerprint density at radius 3 is 1.30 bits per heavy atom. The molecule has 0 bridgehead atoms. The quantitative estimate of drug-likeness (QED) is 0.141. The first-order valence-electron chi connectivity index (χ1n) is 22.3. The van der Waals surface area contributed by atoms with E-state index in [0.717, 1.165) is 88.5 Å². The molecular weight excluding hydrogens is 869 g/mol. The predicted octanol–water partition coefficient (Wildman–Crippen LogP) is 9.10. The van der Waals surface area contributed by atoms with Crippen molar-refractivity contribution < 1.29 is 25.9 Å². The van der Waals surface area contributed by atoms with Gasteiger partial charge in [0.05, 0.1) is 0 Å². The minimum atomic E-state index is -4.47. The van der Waals surface area contributed by atoms with E-state index in [1.165, 1.54) is 90.8 Å². The van der Waals surface area contributed by atoms with Gasteiger partial charge >= 0.3 is 0 Å². The summed E-state index contributed by atoms with van der Waals surface area (Å²) in [7, 11) is -4.49. The number of aromatic nitrogens is 4. The van der Waals surface area contributed by atoms with Gasteiger partial charge in [0, 0.05) is 120 Å². The lowest BCUT2D eigenvalue weighted by Gasteiger charge is -2.24. The van der Waals surface area contributed by atoms with Crippen LogP contribution in [-0.2, 0) is 72.1 Å². The summed E-state index contributed by atoms with van der Waals surface area (Å²) in [4.78, 5) is 12.9. The van der Waals surface area contributed by atoms with Gasteiger partial charge in [-0.1, -0.05) is 59.7 Å². The molecule has 4 aromatic heterocycles. The van der Waals surface area contributed by atoms with Crippen LogP contribution < -0.4 is 0 Å². The molecule has 2 aliphatic heterocycles. The van der Waals surface area contributed by atoms with Gasteiger partial charge in [0.25, 0.3) is 20.2 Å². The average molecular weight is 927 g/mol. The Kier molecular flexibility index (Phi) is 13.6. The van der Waals surface area contributed by atoms with Gasteiger partial charge in [-0.3, -0.25) is 19.1 Å². The van der Waals surface area contributed by atoms with Crippen LogP contribution in [-0.4, -0.2) is 82.0 Å². The van der Waals surface area contributed by atoms with Gasteiger partial charge in [0.2, 0.25) is 0 Å². The van der Waals surface area contributed by atoms with Crippen molar-refractivity contribution in [1.29, 1.82) is 0 Å². The standard InChI is InChI=1S/2C21H25N3.C10H8O6S2/c2*1-15-4-7-20-18(12-15)19-14-23(3)10-9-21(19)24(20)11-8-17-6-5-16(2)22-13-17;11-17(12,13)9-5-1-3-7-8(9)4-2-6-10(7)18(14,15)16/h2*4-7,12-13H,8-11,14H2,1-3H3;1-6H,(H,11,12,13)(H,14,15,16). The van der Waals surface area contributed by atoms with Crippen LogP contribution in [0.1, 0.15) is 56.2 Å². The van der Waals surface area contributed by atoms with E-state index in [9.17, 15) is 16.8 Å². The summed E-state index contributed by atoms with van der Waals surface area (Å²) in [6.07, 6.45) is 8.40. The van der Waals surface area contributed by atoms with E-state index < -0.39 is 30.0 Å². The van der Waals surface area contributed by atoms with Crippen molar-refractivity contribution in [3.8, 4) is 0 Å². The molecule has 12 nitrogen and oxygen atoms in total. The Bertz CT molecular complexity index is 3070. The highest BCUT2D eigenvalue weighted by atomic mass is 32.2. The number of nitrogens with zero attached hydrogens (tertiary/aromatic N) is 6. The first kappa shape index (κ1) is 46.8. The second kappa shape index (κ2) is 19.2. The number of fused-ring (bicyclic) bond motifs is 7. The maximum atomic E-state index is 11.2. The predicted molar refractivity (Wildman–Crippen MR) is 262 cm³/mol. The fourth-order valence-electron chi connectivity index (χ4n) is 9.38. The molecule has 2 N–H and O–H groups in total. The van der Waals surface area contributed by atoms with Crippen LogP contribution in [0.2, 0.25) is 0 Å². The van der Waals surface area contributed by atoms with E-state index >= 15 is 0 Å². The maximum Gasteiger partial charge on any atom is 0.295 e. The second-order valence-electron chi connectivity index (χ2n) is 17.8. The summed E-state index contributed by atoms with van der Waals surface area (Å²) in [5.74, 6) is 0. The number of hydrogen-bond acceptors (Lipinski definition) is 8. The van der Waals surface area contributed by atoms with Gasteiger partial charge in [-0.15, -0.1) is 0 Å². The van der Waals surface area contributed by atoms with Crippen LogP contribution in [0.5, 0.6) is 0 Å². The van der Waals surface area contributed by atoms with Crippen molar-refractivity contribution in [2.24, 2.45) is 0 Å². The lowest BCUT2D eigenvalue weighted by molar-refractivity contribution is 0.309. The molecule has 6 heterocycles. The number of benzene rings is 4. The number of hydrogen-bond donors (Lipinski definition) is 2. The molecule has 0 spiro atoms. The van der Waals surface area contributed by atoms with Crippen LogP contribution in [0.15, 0.2) is 119 Å². The molecular formula is C52H58N6O6S2. The molecule has 344 valence electrons. The fourth-order valence-corrected chi connectivity index (χ4v) is 10.8. The molecule has 0 amide bonds. The van der Waals surface area contributed by atoms with E-state index in [4.69, 9.17) is 9.11 Å². The fraction of sp³-hybridized carbons (Fsp3) is 0.308. The monoisotopic (exact) mass is 926 g/mol. The second-order valence-corrected chi connectivity index (χ2v) is 20.6. The van der Waals surface area contributed by atoms with E-state index in [-0.39, 0.29) is 10.8 Å². The van der Waals surface area contributed by atoms with Crippen LogP contribution in [0.3, 0.4) is 0 Å². The Morgan fingerprint density at radius 1 is 0.530 bits per heavy atom. The van der Waals surface area contributed by atoms with Crippen LogP contribution in [0, 0.1) is 27.7 Å². The zero-order valence-electron chi connectivity index (χ0n) is 38.5. The third-order valence-electron chi connectivity index (χ3n) is 12.8. The molecule has 8 aromatic rings. The van der Waals surface area contributed by atoms with Crippen molar-refractivity contribution in [2.45, 2.75) is 89.3 Å². The smallest absolute Gasteiger partial charge is 0.295 e. The van der Waals surface area contributed by atoms with Gasteiger partial charge in [-0.25, -0.2) is 0 Å². The van der Waals surface area contributed by atoms with Crippen molar-refractivity contribution in [3.63, 3.8) is 0 Å². The molecule has 0 unspecified atom stereocenters. The summed E-state index contributed by atoms with van der Waals surface area (Å²) in [6.45, 7) is 14.9. The van der Waals surface area contributed by atoms with Gasteiger partial charge in [0.1, 0.15) is 9.79 Å². The van der Waals surface area contributed by atoms with Gasteiger partial charge < -0.3 is 18.9 Å². The van der Waals surface area contributed by atoms with E-state index in [2.05, 4.69) is 118 Å². The molecule has 0 aliphatic carbocycles. The molecule has 0 saturated heterocycles. The summed E-state index contributed by atoms with van der Waals surface area (Å²) < 4.78 is 67.8. The van der Waals surface area contributed by atoms with Crippen molar-refractivity contribution in [1.82, 2.24) is 28.9 Å². The summed E-state index contributed by atoms with van der Waals surface area (Å²) >= 11 is 0. The SMILES string of the molecule is Cc1ccc2c(c1)c1c(n2CCc2ccc(C)nc2)CCN(C)C1.Cc1ccc2c(c1)c1c(n2CCc2ccc(C)nc2)CCN(C)C1.O=S(=O)(O)c1cccc2c(S(=O)(=O)O)cccc12. The zero-order valence-corrected chi connectivity index (χ0v) is 40.1. The minimum Gasteiger partial charge on any atom is -0.344 e. The normalized spacial score (nSPS) is 14.4.